The molecule has 112 valence electrons. The number of non-ortho nitro benzene ring substituents is 1. The maximum Gasteiger partial charge on any atom is 0.271 e. The van der Waals surface area contributed by atoms with Gasteiger partial charge >= 0.3 is 0 Å². The third-order valence-electron chi connectivity index (χ3n) is 2.88. The van der Waals surface area contributed by atoms with Crippen LogP contribution in [-0.4, -0.2) is 17.9 Å². The second-order valence-electron chi connectivity index (χ2n) is 4.37. The first kappa shape index (κ1) is 15.2. The molecule has 2 rings (SSSR count). The topological polar surface area (TPSA) is 81.5 Å². The average molecular weight is 298 g/mol. The Balaban J connectivity index is 2.15. The predicted molar refractivity (Wildman–Crippen MR) is 83.8 cm³/mol. The average Bonchev–Trinajstić information content (AvgIpc) is 2.53. The van der Waals surface area contributed by atoms with Crippen LogP contribution in [0.2, 0.25) is 0 Å². The monoisotopic (exact) mass is 298 g/mol. The fourth-order valence-electron chi connectivity index (χ4n) is 1.82. The largest absolute Gasteiger partial charge is 0.495 e. The summed E-state index contributed by atoms with van der Waals surface area (Å²) in [7, 11) is 1.43. The summed E-state index contributed by atoms with van der Waals surface area (Å²) in [6, 6.07) is 13.3. The highest BCUT2D eigenvalue weighted by Gasteiger charge is 2.12. The minimum atomic E-state index is -0.533. The van der Waals surface area contributed by atoms with Gasteiger partial charge in [0.25, 0.3) is 5.69 Å². The lowest BCUT2D eigenvalue weighted by molar-refractivity contribution is -0.384. The summed E-state index contributed by atoms with van der Waals surface area (Å²) in [6.07, 6.45) is 3.01. The molecule has 0 spiro atoms. The smallest absolute Gasteiger partial charge is 0.271 e. The van der Waals surface area contributed by atoms with E-state index in [1.807, 2.05) is 30.3 Å². The molecule has 0 aliphatic heterocycles. The summed E-state index contributed by atoms with van der Waals surface area (Å²) >= 11 is 0. The van der Waals surface area contributed by atoms with Gasteiger partial charge in [0.2, 0.25) is 5.91 Å². The molecule has 0 radical (unpaired) electrons. The van der Waals surface area contributed by atoms with Gasteiger partial charge in [-0.3, -0.25) is 14.9 Å². The van der Waals surface area contributed by atoms with Gasteiger partial charge < -0.3 is 10.1 Å². The highest BCUT2D eigenvalue weighted by molar-refractivity contribution is 6.03. The number of nitro benzene ring substituents is 1. The van der Waals surface area contributed by atoms with Gasteiger partial charge in [-0.25, -0.2) is 0 Å². The number of nitrogens with one attached hydrogen (secondary N) is 1. The van der Waals surface area contributed by atoms with E-state index in [0.717, 1.165) is 5.56 Å². The number of hydrogen-bond acceptors (Lipinski definition) is 4. The molecule has 0 unspecified atom stereocenters. The van der Waals surface area contributed by atoms with Crippen molar-refractivity contribution in [2.24, 2.45) is 0 Å². The Bertz CT molecular complexity index is 711. The molecular formula is C16H14N2O4. The fourth-order valence-corrected chi connectivity index (χ4v) is 1.82. The summed E-state index contributed by atoms with van der Waals surface area (Å²) in [5, 5.41) is 13.4. The molecule has 0 aliphatic carbocycles. The molecule has 0 aliphatic rings. The molecule has 6 heteroatoms. The second kappa shape index (κ2) is 7.03. The van der Waals surface area contributed by atoms with E-state index in [9.17, 15) is 14.9 Å². The number of nitro groups is 1. The van der Waals surface area contributed by atoms with Crippen LogP contribution >= 0.6 is 0 Å². The Morgan fingerprint density at radius 1 is 1.23 bits per heavy atom. The van der Waals surface area contributed by atoms with Gasteiger partial charge in [0.05, 0.1) is 17.7 Å². The standard InChI is InChI=1S/C16H14N2O4/c1-22-15-9-8-13(18(20)21)11-14(15)17-16(19)10-7-12-5-3-2-4-6-12/h2-11H,1H3,(H,17,19)/b10-7-. The van der Waals surface area contributed by atoms with E-state index in [1.165, 1.54) is 31.4 Å². The lowest BCUT2D eigenvalue weighted by Crippen LogP contribution is -2.09. The van der Waals surface area contributed by atoms with Crippen LogP contribution in [-0.2, 0) is 4.79 Å². The number of carbonyl (C=O) groups is 1. The van der Waals surface area contributed by atoms with E-state index in [0.29, 0.717) is 5.75 Å². The highest BCUT2D eigenvalue weighted by atomic mass is 16.6. The van der Waals surface area contributed by atoms with Crippen LogP contribution in [0.25, 0.3) is 6.08 Å². The highest BCUT2D eigenvalue weighted by Crippen LogP contribution is 2.28. The van der Waals surface area contributed by atoms with Gasteiger partial charge in [0.15, 0.2) is 0 Å². The lowest BCUT2D eigenvalue weighted by atomic mass is 10.2. The molecule has 0 bridgehead atoms. The zero-order valence-electron chi connectivity index (χ0n) is 11.9. The number of anilines is 1. The number of nitrogens with zero attached hydrogens (tertiary/aromatic N) is 1. The number of carbonyl (C=O) groups excluding carboxylic acids is 1. The van der Waals surface area contributed by atoms with Crippen molar-refractivity contribution < 1.29 is 14.5 Å². The van der Waals surface area contributed by atoms with Crippen LogP contribution in [0.15, 0.2) is 54.6 Å². The molecule has 2 aromatic rings. The van der Waals surface area contributed by atoms with Crippen LogP contribution in [0.1, 0.15) is 5.56 Å². The van der Waals surface area contributed by atoms with Crippen molar-refractivity contribution in [2.75, 3.05) is 12.4 Å². The molecule has 0 saturated carbocycles. The second-order valence-corrected chi connectivity index (χ2v) is 4.37. The van der Waals surface area contributed by atoms with Gasteiger partial charge in [-0.2, -0.15) is 0 Å². The van der Waals surface area contributed by atoms with Crippen molar-refractivity contribution in [3.05, 3.63) is 70.3 Å². The summed E-state index contributed by atoms with van der Waals surface area (Å²) in [4.78, 5) is 22.2. The van der Waals surface area contributed by atoms with Gasteiger partial charge in [0.1, 0.15) is 5.75 Å². The van der Waals surface area contributed by atoms with E-state index in [2.05, 4.69) is 5.32 Å². The number of methoxy groups -OCH3 is 1. The van der Waals surface area contributed by atoms with Crippen molar-refractivity contribution >= 4 is 23.4 Å². The van der Waals surface area contributed by atoms with E-state index < -0.39 is 10.8 Å². The fraction of sp³-hybridized carbons (Fsp3) is 0.0625. The molecule has 1 amide bonds. The summed E-state index contributed by atoms with van der Waals surface area (Å²) < 4.78 is 5.08. The number of rotatable bonds is 5. The van der Waals surface area contributed by atoms with Crippen molar-refractivity contribution in [3.8, 4) is 5.75 Å². The molecular weight excluding hydrogens is 284 g/mol. The van der Waals surface area contributed by atoms with Gasteiger partial charge in [0, 0.05) is 18.2 Å². The molecule has 0 aromatic heterocycles. The van der Waals surface area contributed by atoms with E-state index in [-0.39, 0.29) is 11.4 Å². The molecule has 2 aromatic carbocycles. The molecule has 0 atom stereocenters. The minimum absolute atomic E-state index is 0.122. The van der Waals surface area contributed by atoms with E-state index in [1.54, 1.807) is 6.08 Å². The summed E-state index contributed by atoms with van der Waals surface area (Å²) in [6.45, 7) is 0. The van der Waals surface area contributed by atoms with Crippen molar-refractivity contribution in [1.29, 1.82) is 0 Å². The van der Waals surface area contributed by atoms with Crippen molar-refractivity contribution in [3.63, 3.8) is 0 Å². The molecule has 0 saturated heterocycles. The SMILES string of the molecule is COc1ccc([N+](=O)[O-])cc1NC(=O)/C=C\c1ccccc1. The maximum atomic E-state index is 11.9. The first-order chi connectivity index (χ1) is 10.6. The molecule has 22 heavy (non-hydrogen) atoms. The van der Waals surface area contributed by atoms with Crippen LogP contribution < -0.4 is 10.1 Å². The molecule has 6 nitrogen and oxygen atoms in total. The van der Waals surface area contributed by atoms with Crippen molar-refractivity contribution in [2.45, 2.75) is 0 Å². The summed E-state index contributed by atoms with van der Waals surface area (Å²) in [5.74, 6) is -0.0466. The molecule has 1 N–H and O–H groups in total. The third kappa shape index (κ3) is 3.92. The Morgan fingerprint density at radius 3 is 2.59 bits per heavy atom. The third-order valence-corrected chi connectivity index (χ3v) is 2.88. The Labute approximate surface area is 127 Å². The Hall–Kier alpha value is -3.15. The van der Waals surface area contributed by atoms with Crippen LogP contribution in [0.4, 0.5) is 11.4 Å². The Kier molecular flexibility index (Phi) is 4.87. The number of ether oxygens (including phenoxy) is 1. The van der Waals surface area contributed by atoms with Crippen molar-refractivity contribution in [1.82, 2.24) is 0 Å². The number of hydrogen-bond donors (Lipinski definition) is 1. The van der Waals surface area contributed by atoms with E-state index in [4.69, 9.17) is 4.74 Å². The number of benzene rings is 2. The zero-order valence-corrected chi connectivity index (χ0v) is 11.9. The Morgan fingerprint density at radius 2 is 1.95 bits per heavy atom. The van der Waals surface area contributed by atoms with E-state index >= 15 is 0 Å². The molecule has 0 heterocycles. The van der Waals surface area contributed by atoms with Crippen LogP contribution in [0.3, 0.4) is 0 Å². The van der Waals surface area contributed by atoms with Gasteiger partial charge in [-0.15, -0.1) is 0 Å². The maximum absolute atomic E-state index is 11.9. The first-order valence-electron chi connectivity index (χ1n) is 6.46. The lowest BCUT2D eigenvalue weighted by Gasteiger charge is -2.08. The zero-order chi connectivity index (χ0) is 15.9. The first-order valence-corrected chi connectivity index (χ1v) is 6.46. The van der Waals surface area contributed by atoms with Crippen LogP contribution in [0.5, 0.6) is 5.75 Å². The summed E-state index contributed by atoms with van der Waals surface area (Å²) in [5.41, 5.74) is 1.01. The minimum Gasteiger partial charge on any atom is -0.495 e. The molecule has 0 fully saturated rings. The normalized spacial score (nSPS) is 10.4. The number of amides is 1. The predicted octanol–water partition coefficient (Wildman–Crippen LogP) is 3.26. The van der Waals surface area contributed by atoms with Crippen LogP contribution in [0, 0.1) is 10.1 Å². The van der Waals surface area contributed by atoms with Gasteiger partial charge in [-0.05, 0) is 17.7 Å². The quantitative estimate of drug-likeness (QED) is 0.522. The van der Waals surface area contributed by atoms with Gasteiger partial charge in [-0.1, -0.05) is 30.3 Å².